The van der Waals surface area contributed by atoms with Gasteiger partial charge in [0.15, 0.2) is 16.9 Å². The van der Waals surface area contributed by atoms with Crippen molar-refractivity contribution in [1.29, 1.82) is 0 Å². The van der Waals surface area contributed by atoms with E-state index in [1.54, 1.807) is 23.5 Å². The van der Waals surface area contributed by atoms with Gasteiger partial charge in [0.2, 0.25) is 5.75 Å². The molecule has 29 heavy (non-hydrogen) atoms. The molecule has 0 spiro atoms. The Morgan fingerprint density at radius 3 is 2.31 bits per heavy atom. The second kappa shape index (κ2) is 9.06. The number of methoxy groups -OCH3 is 3. The first-order valence-corrected chi connectivity index (χ1v) is 9.81. The number of rotatable bonds is 7. The summed E-state index contributed by atoms with van der Waals surface area (Å²) >= 11 is 1.51. The number of hydrogen-bond acceptors (Lipinski definition) is 8. The molecule has 2 atom stereocenters. The second-order valence-electron chi connectivity index (χ2n) is 6.25. The van der Waals surface area contributed by atoms with E-state index in [-0.39, 0.29) is 10.9 Å². The SMILES string of the molecule is COc1cc(C(=O)Oc2cccc([C@@H]3[NH2+][C@@H](C(=O)[O-])CS3)c2)cc(OC)c1OC. The van der Waals surface area contributed by atoms with E-state index in [9.17, 15) is 14.7 Å². The number of carbonyl (C=O) groups is 2. The van der Waals surface area contributed by atoms with Gasteiger partial charge in [0, 0.05) is 5.56 Å². The number of carbonyl (C=O) groups excluding carboxylic acids is 2. The lowest BCUT2D eigenvalue weighted by atomic mass is 10.1. The minimum absolute atomic E-state index is 0.0993. The minimum Gasteiger partial charge on any atom is -0.544 e. The number of carboxylic acids is 1. The predicted molar refractivity (Wildman–Crippen MR) is 103 cm³/mol. The third-order valence-electron chi connectivity index (χ3n) is 4.46. The van der Waals surface area contributed by atoms with Crippen LogP contribution in [-0.2, 0) is 4.79 Å². The lowest BCUT2D eigenvalue weighted by Crippen LogP contribution is -2.90. The van der Waals surface area contributed by atoms with Crippen LogP contribution in [0.3, 0.4) is 0 Å². The molecule has 1 saturated heterocycles. The highest BCUT2D eigenvalue weighted by Gasteiger charge is 2.31. The van der Waals surface area contributed by atoms with Gasteiger partial charge in [-0.05, 0) is 24.3 Å². The van der Waals surface area contributed by atoms with Crippen molar-refractivity contribution >= 4 is 23.7 Å². The molecule has 2 N–H and O–H groups in total. The van der Waals surface area contributed by atoms with Gasteiger partial charge in [-0.25, -0.2) is 4.79 Å². The third-order valence-corrected chi connectivity index (χ3v) is 5.80. The van der Waals surface area contributed by atoms with Gasteiger partial charge in [-0.1, -0.05) is 23.9 Å². The van der Waals surface area contributed by atoms with E-state index in [1.807, 2.05) is 6.07 Å². The van der Waals surface area contributed by atoms with E-state index in [2.05, 4.69) is 0 Å². The lowest BCUT2D eigenvalue weighted by molar-refractivity contribution is -0.690. The molecule has 0 bridgehead atoms. The molecule has 154 valence electrons. The average molecular weight is 419 g/mol. The highest BCUT2D eigenvalue weighted by Crippen LogP contribution is 2.38. The van der Waals surface area contributed by atoms with Crippen molar-refractivity contribution in [3.8, 4) is 23.0 Å². The van der Waals surface area contributed by atoms with E-state index < -0.39 is 18.0 Å². The van der Waals surface area contributed by atoms with Crippen LogP contribution in [0.5, 0.6) is 23.0 Å². The lowest BCUT2D eigenvalue weighted by Gasteiger charge is -2.14. The molecule has 0 saturated carbocycles. The fourth-order valence-corrected chi connectivity index (χ4v) is 4.31. The minimum atomic E-state index is -1.08. The second-order valence-corrected chi connectivity index (χ2v) is 7.42. The normalized spacial score (nSPS) is 18.2. The zero-order valence-electron chi connectivity index (χ0n) is 16.2. The summed E-state index contributed by atoms with van der Waals surface area (Å²) in [6, 6.07) is 9.44. The van der Waals surface area contributed by atoms with Crippen molar-refractivity contribution in [3.05, 3.63) is 47.5 Å². The highest BCUT2D eigenvalue weighted by atomic mass is 32.2. The van der Waals surface area contributed by atoms with Crippen molar-refractivity contribution in [1.82, 2.24) is 0 Å². The molecule has 3 rings (SSSR count). The van der Waals surface area contributed by atoms with E-state index in [1.165, 1.54) is 45.2 Å². The monoisotopic (exact) mass is 419 g/mol. The first-order chi connectivity index (χ1) is 14.0. The molecule has 0 unspecified atom stereocenters. The summed E-state index contributed by atoms with van der Waals surface area (Å²) in [5.41, 5.74) is 1.10. The van der Waals surface area contributed by atoms with Crippen molar-refractivity contribution in [2.75, 3.05) is 27.1 Å². The summed E-state index contributed by atoms with van der Waals surface area (Å²) in [6.07, 6.45) is 0. The third kappa shape index (κ3) is 4.57. The Bertz CT molecular complexity index is 892. The first-order valence-electron chi connectivity index (χ1n) is 8.76. The standard InChI is InChI=1S/C20H21NO7S/c1-25-15-8-12(9-16(26-2)17(15)27-3)20(24)28-13-6-4-5-11(7-13)18-21-14(10-29-18)19(22)23/h4-9,14,18,21H,10H2,1-3H3,(H,22,23)/t14-,18-/m1/s1. The largest absolute Gasteiger partial charge is 0.544 e. The van der Waals surface area contributed by atoms with Gasteiger partial charge in [-0.2, -0.15) is 0 Å². The van der Waals surface area contributed by atoms with Crippen LogP contribution in [0.1, 0.15) is 21.3 Å². The van der Waals surface area contributed by atoms with E-state index >= 15 is 0 Å². The summed E-state index contributed by atoms with van der Waals surface area (Å²) in [5, 5.41) is 12.7. The maximum atomic E-state index is 12.7. The molecule has 8 nitrogen and oxygen atoms in total. The van der Waals surface area contributed by atoms with Crippen LogP contribution in [0.15, 0.2) is 36.4 Å². The van der Waals surface area contributed by atoms with E-state index in [0.29, 0.717) is 28.8 Å². The van der Waals surface area contributed by atoms with E-state index in [4.69, 9.17) is 18.9 Å². The highest BCUT2D eigenvalue weighted by molar-refractivity contribution is 7.99. The predicted octanol–water partition coefficient (Wildman–Crippen LogP) is 0.359. The summed E-state index contributed by atoms with van der Waals surface area (Å²) < 4.78 is 21.3. The first kappa shape index (κ1) is 20.8. The van der Waals surface area contributed by atoms with Crippen LogP contribution in [0.25, 0.3) is 0 Å². The Balaban J connectivity index is 1.79. The van der Waals surface area contributed by atoms with Crippen LogP contribution in [0.2, 0.25) is 0 Å². The summed E-state index contributed by atoms with van der Waals surface area (Å²) in [4.78, 5) is 23.7. The molecule has 2 aromatic carbocycles. The molecule has 0 aliphatic carbocycles. The van der Waals surface area contributed by atoms with Gasteiger partial charge in [0.25, 0.3) is 0 Å². The number of hydrogen-bond donors (Lipinski definition) is 1. The maximum Gasteiger partial charge on any atom is 0.343 e. The molecular weight excluding hydrogens is 398 g/mol. The average Bonchev–Trinajstić information content (AvgIpc) is 3.23. The van der Waals surface area contributed by atoms with Gasteiger partial charge in [-0.3, -0.25) is 0 Å². The molecule has 0 aromatic heterocycles. The Labute approximate surface area is 172 Å². The summed E-state index contributed by atoms with van der Waals surface area (Å²) in [7, 11) is 4.41. The maximum absolute atomic E-state index is 12.7. The number of benzene rings is 2. The zero-order valence-corrected chi connectivity index (χ0v) is 17.0. The van der Waals surface area contributed by atoms with Crippen LogP contribution in [0, 0.1) is 0 Å². The van der Waals surface area contributed by atoms with Crippen LogP contribution >= 0.6 is 11.8 Å². The Morgan fingerprint density at radius 2 is 1.76 bits per heavy atom. The number of quaternary nitrogens is 1. The molecule has 1 heterocycles. The van der Waals surface area contributed by atoms with Crippen molar-refractivity contribution in [3.63, 3.8) is 0 Å². The van der Waals surface area contributed by atoms with Crippen LogP contribution in [0.4, 0.5) is 0 Å². The molecular formula is C20H21NO7S. The molecule has 2 aromatic rings. The smallest absolute Gasteiger partial charge is 0.343 e. The van der Waals surface area contributed by atoms with Crippen LogP contribution in [-0.4, -0.2) is 45.1 Å². The fourth-order valence-electron chi connectivity index (χ4n) is 3.00. The summed E-state index contributed by atoms with van der Waals surface area (Å²) in [5.74, 6) is 0.220. The van der Waals surface area contributed by atoms with Crippen molar-refractivity contribution < 1.29 is 39.0 Å². The molecule has 1 aliphatic rings. The Morgan fingerprint density at radius 1 is 1.07 bits per heavy atom. The van der Waals surface area contributed by atoms with Gasteiger partial charge in [0.05, 0.1) is 32.6 Å². The number of thioether (sulfide) groups is 1. The fraction of sp³-hybridized carbons (Fsp3) is 0.300. The van der Waals surface area contributed by atoms with Crippen molar-refractivity contribution in [2.24, 2.45) is 0 Å². The number of esters is 1. The number of aliphatic carboxylic acids is 1. The Hall–Kier alpha value is -2.91. The summed E-state index contributed by atoms with van der Waals surface area (Å²) in [6.45, 7) is 0. The number of ether oxygens (including phenoxy) is 4. The Kier molecular flexibility index (Phi) is 6.50. The molecule has 0 radical (unpaired) electrons. The van der Waals surface area contributed by atoms with Gasteiger partial charge in [-0.15, -0.1) is 0 Å². The molecule has 9 heteroatoms. The van der Waals surface area contributed by atoms with Crippen molar-refractivity contribution in [2.45, 2.75) is 11.4 Å². The van der Waals surface area contributed by atoms with Crippen LogP contribution < -0.4 is 29.4 Å². The topological polar surface area (TPSA) is 111 Å². The molecule has 1 fully saturated rings. The molecule has 0 amide bonds. The number of carboxylic acid groups (broad SMARTS) is 1. The zero-order chi connectivity index (χ0) is 21.0. The van der Waals surface area contributed by atoms with E-state index in [0.717, 1.165) is 5.56 Å². The quantitative estimate of drug-likeness (QED) is 0.506. The molecule has 1 aliphatic heterocycles. The van der Waals surface area contributed by atoms with Gasteiger partial charge >= 0.3 is 5.97 Å². The number of nitrogens with two attached hydrogens (primary N) is 1. The van der Waals surface area contributed by atoms with Gasteiger partial charge < -0.3 is 34.2 Å². The van der Waals surface area contributed by atoms with Gasteiger partial charge in [0.1, 0.15) is 17.8 Å².